The number of carbonyl (C=O) groups excluding carboxylic acids is 1. The highest BCUT2D eigenvalue weighted by atomic mass is 19.1. The minimum atomic E-state index is -0.822. The molecule has 2 saturated heterocycles. The Morgan fingerprint density at radius 3 is 2.81 bits per heavy atom. The van der Waals surface area contributed by atoms with Crippen LogP contribution in [-0.4, -0.2) is 51.7 Å². The Hall–Kier alpha value is -2.80. The van der Waals surface area contributed by atoms with Crippen LogP contribution in [0, 0.1) is 11.7 Å². The molecular weight excluding hydrogens is 407 g/mol. The predicted octanol–water partition coefficient (Wildman–Crippen LogP) is 3.79. The minimum absolute atomic E-state index is 0.0597. The fraction of sp³-hybridized carbons (Fsp3) is 0.480. The second kappa shape index (κ2) is 8.98. The Balaban J connectivity index is 1.31. The normalized spacial score (nSPS) is 21.4. The molecule has 6 nitrogen and oxygen atoms in total. The molecule has 0 aliphatic carbocycles. The van der Waals surface area contributed by atoms with E-state index < -0.39 is 5.41 Å². The maximum Gasteiger partial charge on any atom is 0.233 e. The zero-order valence-corrected chi connectivity index (χ0v) is 18.3. The van der Waals surface area contributed by atoms with Crippen molar-refractivity contribution in [1.29, 1.82) is 0 Å². The summed E-state index contributed by atoms with van der Waals surface area (Å²) >= 11 is 0. The summed E-state index contributed by atoms with van der Waals surface area (Å²) in [6.07, 6.45) is 8.51. The number of benzene rings is 1. The van der Waals surface area contributed by atoms with Crippen LogP contribution in [0.2, 0.25) is 0 Å². The molecule has 0 saturated carbocycles. The van der Waals surface area contributed by atoms with Gasteiger partial charge in [0.2, 0.25) is 5.91 Å². The predicted molar refractivity (Wildman–Crippen MR) is 119 cm³/mol. The van der Waals surface area contributed by atoms with E-state index in [1.807, 2.05) is 33.8 Å². The van der Waals surface area contributed by atoms with Crippen LogP contribution in [0.25, 0.3) is 5.65 Å². The van der Waals surface area contributed by atoms with Crippen molar-refractivity contribution >= 4 is 11.6 Å². The van der Waals surface area contributed by atoms with E-state index in [1.165, 1.54) is 6.07 Å². The molecule has 1 atom stereocenters. The van der Waals surface area contributed by atoms with Crippen molar-refractivity contribution in [3.63, 3.8) is 0 Å². The quantitative estimate of drug-likeness (QED) is 0.624. The first-order chi connectivity index (χ1) is 15.7. The van der Waals surface area contributed by atoms with Crippen molar-refractivity contribution in [3.8, 4) is 0 Å². The molecule has 5 rings (SSSR count). The second-order valence-electron chi connectivity index (χ2n) is 9.02. The molecule has 4 heterocycles. The molecule has 0 bridgehead atoms. The first-order valence-electron chi connectivity index (χ1n) is 11.6. The molecule has 2 aliphatic heterocycles. The molecule has 2 aliphatic rings. The third-order valence-corrected chi connectivity index (χ3v) is 7.09. The van der Waals surface area contributed by atoms with Crippen LogP contribution in [0.15, 0.2) is 48.8 Å². The Bertz CT molecular complexity index is 1090. The monoisotopic (exact) mass is 436 g/mol. The fourth-order valence-corrected chi connectivity index (χ4v) is 5.30. The second-order valence-corrected chi connectivity index (χ2v) is 9.02. The van der Waals surface area contributed by atoms with E-state index in [4.69, 9.17) is 4.74 Å². The molecule has 3 aromatic rings. The number of ether oxygens (including phenoxy) is 1. The van der Waals surface area contributed by atoms with E-state index in [9.17, 15) is 9.18 Å². The summed E-state index contributed by atoms with van der Waals surface area (Å²) in [5, 5.41) is 4.67. The fourth-order valence-electron chi connectivity index (χ4n) is 5.30. The largest absolute Gasteiger partial charge is 0.381 e. The standard InChI is InChI=1S/C25H29FN4O2/c26-22-6-2-1-5-21(22)25(10-16-32-17-11-25)24(31)29-13-3-4-19(9-14-29)18-20-7-8-23-27-12-15-30(23)28-20/h1-2,5-8,12,15,19H,3-4,9-11,13-14,16-18H2. The van der Waals surface area contributed by atoms with Gasteiger partial charge in [0.25, 0.3) is 0 Å². The first-order valence-corrected chi connectivity index (χ1v) is 11.6. The van der Waals surface area contributed by atoms with Crippen molar-refractivity contribution in [2.75, 3.05) is 26.3 Å². The number of hydrogen-bond acceptors (Lipinski definition) is 4. The van der Waals surface area contributed by atoms with Gasteiger partial charge in [0, 0.05) is 44.3 Å². The summed E-state index contributed by atoms with van der Waals surface area (Å²) in [5.74, 6) is 0.237. The smallest absolute Gasteiger partial charge is 0.233 e. The van der Waals surface area contributed by atoms with Crippen LogP contribution in [0.4, 0.5) is 4.39 Å². The molecule has 2 aromatic heterocycles. The lowest BCUT2D eigenvalue weighted by Crippen LogP contribution is -2.50. The highest BCUT2D eigenvalue weighted by Gasteiger charge is 2.45. The van der Waals surface area contributed by atoms with Crippen LogP contribution < -0.4 is 0 Å². The van der Waals surface area contributed by atoms with Gasteiger partial charge in [-0.2, -0.15) is 5.10 Å². The highest BCUT2D eigenvalue weighted by Crippen LogP contribution is 2.39. The van der Waals surface area contributed by atoms with Gasteiger partial charge in [-0.1, -0.05) is 18.2 Å². The van der Waals surface area contributed by atoms with E-state index >= 15 is 0 Å². The maximum absolute atomic E-state index is 14.8. The SMILES string of the molecule is O=C(N1CCCC(Cc2ccc3nccn3n2)CC1)C1(c2ccccc2F)CCOCC1. The molecule has 0 radical (unpaired) electrons. The summed E-state index contributed by atoms with van der Waals surface area (Å²) in [6, 6.07) is 10.8. The number of nitrogens with zero attached hydrogens (tertiary/aromatic N) is 4. The van der Waals surface area contributed by atoms with Crippen molar-refractivity contribution < 1.29 is 13.9 Å². The zero-order chi connectivity index (χ0) is 22.0. The van der Waals surface area contributed by atoms with Gasteiger partial charge in [0.05, 0.1) is 11.1 Å². The number of aromatic nitrogens is 3. The van der Waals surface area contributed by atoms with Crippen LogP contribution >= 0.6 is 0 Å². The summed E-state index contributed by atoms with van der Waals surface area (Å²) in [4.78, 5) is 20.1. The highest BCUT2D eigenvalue weighted by molar-refractivity contribution is 5.88. The lowest BCUT2D eigenvalue weighted by atomic mass is 9.72. The number of halogens is 1. The number of hydrogen-bond donors (Lipinski definition) is 0. The molecule has 32 heavy (non-hydrogen) atoms. The molecule has 0 spiro atoms. The minimum Gasteiger partial charge on any atom is -0.381 e. The number of amides is 1. The Morgan fingerprint density at radius 2 is 1.97 bits per heavy atom. The van der Waals surface area contributed by atoms with Crippen LogP contribution in [0.3, 0.4) is 0 Å². The van der Waals surface area contributed by atoms with Crippen LogP contribution in [0.1, 0.15) is 43.4 Å². The van der Waals surface area contributed by atoms with Gasteiger partial charge in [-0.05, 0) is 62.6 Å². The van der Waals surface area contributed by atoms with E-state index in [2.05, 4.69) is 10.1 Å². The molecular formula is C25H29FN4O2. The molecule has 1 unspecified atom stereocenters. The number of likely N-dealkylation sites (tertiary alicyclic amines) is 1. The van der Waals surface area contributed by atoms with Crippen molar-refractivity contribution in [1.82, 2.24) is 19.5 Å². The molecule has 2 fully saturated rings. The number of carbonyl (C=O) groups is 1. The van der Waals surface area contributed by atoms with Gasteiger partial charge in [-0.25, -0.2) is 13.9 Å². The molecule has 7 heteroatoms. The van der Waals surface area contributed by atoms with E-state index in [-0.39, 0.29) is 11.7 Å². The van der Waals surface area contributed by atoms with Crippen LogP contribution in [-0.2, 0) is 21.4 Å². The summed E-state index contributed by atoms with van der Waals surface area (Å²) in [5.41, 5.74) is 1.60. The summed E-state index contributed by atoms with van der Waals surface area (Å²) in [7, 11) is 0. The van der Waals surface area contributed by atoms with Crippen LogP contribution in [0.5, 0.6) is 0 Å². The van der Waals surface area contributed by atoms with E-state index in [0.717, 1.165) is 43.6 Å². The third kappa shape index (κ3) is 4.01. The first kappa shape index (κ1) is 21.1. The average Bonchev–Trinajstić information content (AvgIpc) is 3.17. The van der Waals surface area contributed by atoms with E-state index in [1.54, 1.807) is 18.3 Å². The third-order valence-electron chi connectivity index (χ3n) is 7.09. The van der Waals surface area contributed by atoms with Gasteiger partial charge >= 0.3 is 0 Å². The van der Waals surface area contributed by atoms with Gasteiger partial charge in [0.15, 0.2) is 5.65 Å². The number of rotatable bonds is 4. The molecule has 0 N–H and O–H groups in total. The Morgan fingerprint density at radius 1 is 1.12 bits per heavy atom. The van der Waals surface area contributed by atoms with Gasteiger partial charge < -0.3 is 9.64 Å². The topological polar surface area (TPSA) is 59.7 Å². The Kier molecular flexibility index (Phi) is 5.91. The van der Waals surface area contributed by atoms with E-state index in [0.29, 0.717) is 44.1 Å². The lowest BCUT2D eigenvalue weighted by molar-refractivity contribution is -0.141. The lowest BCUT2D eigenvalue weighted by Gasteiger charge is -2.40. The molecule has 1 amide bonds. The zero-order valence-electron chi connectivity index (χ0n) is 18.3. The summed E-state index contributed by atoms with van der Waals surface area (Å²) in [6.45, 7) is 2.39. The summed E-state index contributed by atoms with van der Waals surface area (Å²) < 4.78 is 22.2. The van der Waals surface area contributed by atoms with Crippen molar-refractivity contribution in [2.45, 2.75) is 43.9 Å². The maximum atomic E-state index is 14.8. The molecule has 1 aromatic carbocycles. The number of fused-ring (bicyclic) bond motifs is 1. The van der Waals surface area contributed by atoms with Crippen molar-refractivity contribution in [3.05, 3.63) is 65.9 Å². The van der Waals surface area contributed by atoms with Crippen molar-refractivity contribution in [2.24, 2.45) is 5.92 Å². The van der Waals surface area contributed by atoms with Gasteiger partial charge in [0.1, 0.15) is 5.82 Å². The average molecular weight is 437 g/mol. The Labute approximate surface area is 187 Å². The molecule has 168 valence electrons. The van der Waals surface area contributed by atoms with Gasteiger partial charge in [-0.3, -0.25) is 4.79 Å². The number of imidazole rings is 1. The van der Waals surface area contributed by atoms with Gasteiger partial charge in [-0.15, -0.1) is 0 Å².